The molecule has 5 heteroatoms. The third-order valence-corrected chi connectivity index (χ3v) is 5.06. The molecular formula is C25H21N5. The van der Waals surface area contributed by atoms with Crippen LogP contribution in [0.15, 0.2) is 91.3 Å². The van der Waals surface area contributed by atoms with Gasteiger partial charge in [0, 0.05) is 41.5 Å². The fourth-order valence-electron chi connectivity index (χ4n) is 3.56. The average molecular weight is 391 g/mol. The highest BCUT2D eigenvalue weighted by Crippen LogP contribution is 2.23. The highest BCUT2D eigenvalue weighted by molar-refractivity contribution is 5.83. The maximum Gasteiger partial charge on any atom is 0.162 e. The summed E-state index contributed by atoms with van der Waals surface area (Å²) in [5.74, 6) is 1.48. The Morgan fingerprint density at radius 1 is 0.800 bits per heavy atom. The van der Waals surface area contributed by atoms with Crippen LogP contribution in [0.4, 0.5) is 5.82 Å². The molecule has 0 unspecified atom stereocenters. The van der Waals surface area contributed by atoms with E-state index in [0.717, 1.165) is 35.7 Å². The topological polar surface area (TPSA) is 66.5 Å². The first-order valence-corrected chi connectivity index (χ1v) is 10.0. The third-order valence-electron chi connectivity index (χ3n) is 5.06. The Labute approximate surface area is 174 Å². The standard InChI is InChI=1S/C25H21N5/c1-2-8-18(9-3-1)25-29-23(22-12-6-7-14-26-22)16-24(30-25)27-15-13-19-17-28-21-11-5-4-10-20(19)21/h1-12,14,16-17,28H,13,15H2,(H,27,29,30). The number of aromatic nitrogens is 4. The molecule has 0 aliphatic heterocycles. The van der Waals surface area contributed by atoms with Gasteiger partial charge in [0.15, 0.2) is 5.82 Å². The molecular weight excluding hydrogens is 370 g/mol. The van der Waals surface area contributed by atoms with Crippen molar-refractivity contribution in [2.75, 3.05) is 11.9 Å². The number of aromatic amines is 1. The summed E-state index contributed by atoms with van der Waals surface area (Å²) < 4.78 is 0. The largest absolute Gasteiger partial charge is 0.370 e. The van der Waals surface area contributed by atoms with Gasteiger partial charge >= 0.3 is 0 Å². The fourth-order valence-corrected chi connectivity index (χ4v) is 3.56. The molecule has 146 valence electrons. The van der Waals surface area contributed by atoms with Crippen LogP contribution in [0.1, 0.15) is 5.56 Å². The molecule has 3 aromatic heterocycles. The van der Waals surface area contributed by atoms with E-state index < -0.39 is 0 Å². The van der Waals surface area contributed by atoms with Crippen LogP contribution in [-0.4, -0.2) is 26.5 Å². The first-order chi connectivity index (χ1) is 14.9. The Morgan fingerprint density at radius 2 is 1.63 bits per heavy atom. The van der Waals surface area contributed by atoms with Crippen molar-refractivity contribution in [2.45, 2.75) is 6.42 Å². The molecule has 0 aliphatic rings. The number of hydrogen-bond acceptors (Lipinski definition) is 4. The minimum absolute atomic E-state index is 0.688. The summed E-state index contributed by atoms with van der Waals surface area (Å²) in [5.41, 5.74) is 5.07. The average Bonchev–Trinajstić information content (AvgIpc) is 3.23. The second-order valence-electron chi connectivity index (χ2n) is 7.08. The van der Waals surface area contributed by atoms with Crippen molar-refractivity contribution in [3.05, 3.63) is 96.8 Å². The Hall–Kier alpha value is -3.99. The minimum atomic E-state index is 0.688. The van der Waals surface area contributed by atoms with E-state index in [1.165, 1.54) is 16.5 Å². The van der Waals surface area contributed by atoms with Gasteiger partial charge in [-0.1, -0.05) is 54.6 Å². The van der Waals surface area contributed by atoms with E-state index in [1.807, 2.05) is 60.7 Å². The van der Waals surface area contributed by atoms with Crippen molar-refractivity contribution in [1.29, 1.82) is 0 Å². The van der Waals surface area contributed by atoms with Gasteiger partial charge in [-0.15, -0.1) is 0 Å². The quantitative estimate of drug-likeness (QED) is 0.410. The monoisotopic (exact) mass is 391 g/mol. The Morgan fingerprint density at radius 3 is 2.50 bits per heavy atom. The number of nitrogens with one attached hydrogen (secondary N) is 2. The van der Waals surface area contributed by atoms with Gasteiger partial charge < -0.3 is 10.3 Å². The van der Waals surface area contributed by atoms with Crippen molar-refractivity contribution in [1.82, 2.24) is 19.9 Å². The van der Waals surface area contributed by atoms with E-state index in [9.17, 15) is 0 Å². The zero-order valence-corrected chi connectivity index (χ0v) is 16.4. The summed E-state index contributed by atoms with van der Waals surface area (Å²) in [7, 11) is 0. The first kappa shape index (κ1) is 18.1. The lowest BCUT2D eigenvalue weighted by Gasteiger charge is -2.10. The highest BCUT2D eigenvalue weighted by atomic mass is 15.0. The van der Waals surface area contributed by atoms with Crippen LogP contribution < -0.4 is 5.32 Å². The summed E-state index contributed by atoms with van der Waals surface area (Å²) in [5, 5.41) is 4.74. The Kier molecular flexibility index (Phi) is 4.92. The smallest absolute Gasteiger partial charge is 0.162 e. The number of rotatable bonds is 6. The lowest BCUT2D eigenvalue weighted by Crippen LogP contribution is -2.08. The van der Waals surface area contributed by atoms with E-state index >= 15 is 0 Å². The molecule has 30 heavy (non-hydrogen) atoms. The minimum Gasteiger partial charge on any atom is -0.370 e. The highest BCUT2D eigenvalue weighted by Gasteiger charge is 2.10. The van der Waals surface area contributed by atoms with Crippen molar-refractivity contribution >= 4 is 16.7 Å². The van der Waals surface area contributed by atoms with Gasteiger partial charge in [-0.3, -0.25) is 4.98 Å². The summed E-state index contributed by atoms with van der Waals surface area (Å²) in [6.45, 7) is 0.773. The molecule has 2 N–H and O–H groups in total. The van der Waals surface area contributed by atoms with Crippen LogP contribution >= 0.6 is 0 Å². The van der Waals surface area contributed by atoms with Crippen LogP contribution in [0.2, 0.25) is 0 Å². The predicted molar refractivity (Wildman–Crippen MR) is 121 cm³/mol. The number of hydrogen-bond donors (Lipinski definition) is 2. The molecule has 0 saturated heterocycles. The lowest BCUT2D eigenvalue weighted by molar-refractivity contribution is 1.01. The number of fused-ring (bicyclic) bond motifs is 1. The molecule has 0 fully saturated rings. The molecule has 0 aliphatic carbocycles. The van der Waals surface area contributed by atoms with E-state index in [4.69, 9.17) is 9.97 Å². The van der Waals surface area contributed by atoms with Crippen LogP contribution in [0, 0.1) is 0 Å². The molecule has 0 radical (unpaired) electrons. The van der Waals surface area contributed by atoms with E-state index in [-0.39, 0.29) is 0 Å². The predicted octanol–water partition coefficient (Wildman–Crippen LogP) is 5.34. The molecule has 2 aromatic carbocycles. The molecule has 0 atom stereocenters. The summed E-state index contributed by atoms with van der Waals surface area (Å²) in [6.07, 6.45) is 4.76. The summed E-state index contributed by atoms with van der Waals surface area (Å²) >= 11 is 0. The second-order valence-corrected chi connectivity index (χ2v) is 7.08. The van der Waals surface area contributed by atoms with E-state index in [1.54, 1.807) is 6.20 Å². The van der Waals surface area contributed by atoms with Gasteiger partial charge in [0.05, 0.1) is 11.4 Å². The number of anilines is 1. The van der Waals surface area contributed by atoms with Crippen LogP contribution in [-0.2, 0) is 6.42 Å². The van der Waals surface area contributed by atoms with Crippen LogP contribution in [0.5, 0.6) is 0 Å². The molecule has 0 bridgehead atoms. The second kappa shape index (κ2) is 8.17. The summed E-state index contributed by atoms with van der Waals surface area (Å²) in [4.78, 5) is 17.3. The number of H-pyrrole nitrogens is 1. The van der Waals surface area contributed by atoms with Gasteiger partial charge in [-0.05, 0) is 30.2 Å². The van der Waals surface area contributed by atoms with Gasteiger partial charge in [0.1, 0.15) is 5.82 Å². The molecule has 5 rings (SSSR count). The lowest BCUT2D eigenvalue weighted by atomic mass is 10.1. The van der Waals surface area contributed by atoms with Gasteiger partial charge in [0.2, 0.25) is 0 Å². The maximum atomic E-state index is 4.75. The molecule has 5 nitrogen and oxygen atoms in total. The number of para-hydroxylation sites is 1. The molecule has 0 spiro atoms. The van der Waals surface area contributed by atoms with Gasteiger partial charge in [-0.25, -0.2) is 9.97 Å². The normalized spacial score (nSPS) is 10.9. The van der Waals surface area contributed by atoms with Crippen molar-refractivity contribution in [3.63, 3.8) is 0 Å². The third kappa shape index (κ3) is 3.78. The van der Waals surface area contributed by atoms with Crippen LogP contribution in [0.3, 0.4) is 0 Å². The van der Waals surface area contributed by atoms with Crippen molar-refractivity contribution in [2.24, 2.45) is 0 Å². The van der Waals surface area contributed by atoms with Gasteiger partial charge in [-0.2, -0.15) is 0 Å². The van der Waals surface area contributed by atoms with Gasteiger partial charge in [0.25, 0.3) is 0 Å². The van der Waals surface area contributed by atoms with E-state index in [2.05, 4.69) is 39.7 Å². The molecule has 0 saturated carbocycles. The van der Waals surface area contributed by atoms with Crippen LogP contribution in [0.25, 0.3) is 33.7 Å². The van der Waals surface area contributed by atoms with Crippen molar-refractivity contribution in [3.8, 4) is 22.8 Å². The SMILES string of the molecule is c1ccc(-c2nc(NCCc3c[nH]c4ccccc34)cc(-c3ccccn3)n2)cc1. The number of benzene rings is 2. The maximum absolute atomic E-state index is 4.75. The Bertz CT molecular complexity index is 1200. The van der Waals surface area contributed by atoms with E-state index in [0.29, 0.717) is 5.82 Å². The zero-order chi connectivity index (χ0) is 20.2. The first-order valence-electron chi connectivity index (χ1n) is 10.0. The zero-order valence-electron chi connectivity index (χ0n) is 16.4. The number of pyridine rings is 1. The number of nitrogens with zero attached hydrogens (tertiary/aromatic N) is 3. The molecule has 3 heterocycles. The Balaban J connectivity index is 1.42. The van der Waals surface area contributed by atoms with Crippen molar-refractivity contribution < 1.29 is 0 Å². The fraction of sp³-hybridized carbons (Fsp3) is 0.0800. The molecule has 0 amide bonds. The summed E-state index contributed by atoms with van der Waals surface area (Å²) in [6, 6.07) is 26.2. The molecule has 5 aromatic rings.